The molecule has 1 amide bonds. The smallest absolute Gasteiger partial charge is 0.277 e. The van der Waals surface area contributed by atoms with Crippen molar-refractivity contribution in [2.45, 2.75) is 63.9 Å². The minimum absolute atomic E-state index is 0.130. The summed E-state index contributed by atoms with van der Waals surface area (Å²) in [6, 6.07) is 8.38. The molecular weight excluding hydrogens is 350 g/mol. The molecule has 7 heteroatoms. The van der Waals surface area contributed by atoms with Crippen LogP contribution in [-0.4, -0.2) is 38.8 Å². The van der Waals surface area contributed by atoms with Crippen molar-refractivity contribution in [1.82, 2.24) is 15.1 Å². The second-order valence-electron chi connectivity index (χ2n) is 6.78. The van der Waals surface area contributed by atoms with Gasteiger partial charge in [-0.05, 0) is 52.2 Å². The van der Waals surface area contributed by atoms with E-state index in [0.717, 1.165) is 18.6 Å². The van der Waals surface area contributed by atoms with Crippen LogP contribution in [-0.2, 0) is 11.4 Å². The Labute approximate surface area is 158 Å². The molecule has 26 heavy (non-hydrogen) atoms. The first-order chi connectivity index (χ1) is 12.5. The van der Waals surface area contributed by atoms with Gasteiger partial charge in [0.25, 0.3) is 11.1 Å². The normalized spacial score (nSPS) is 20.2. The van der Waals surface area contributed by atoms with Crippen molar-refractivity contribution in [3.63, 3.8) is 0 Å². The van der Waals surface area contributed by atoms with E-state index in [1.807, 2.05) is 36.1 Å². The summed E-state index contributed by atoms with van der Waals surface area (Å²) >= 11 is 1.28. The van der Waals surface area contributed by atoms with Crippen molar-refractivity contribution in [3.8, 4) is 5.75 Å². The molecule has 2 atom stereocenters. The molecule has 0 bridgehead atoms. The molecule has 1 fully saturated rings. The molecule has 0 spiro atoms. The van der Waals surface area contributed by atoms with Gasteiger partial charge in [0.1, 0.15) is 5.75 Å². The Bertz CT molecular complexity index is 722. The summed E-state index contributed by atoms with van der Waals surface area (Å²) in [5, 5.41) is 8.38. The molecule has 2 aromatic rings. The number of aryl methyl sites for hydroxylation is 1. The molecule has 1 aliphatic heterocycles. The average molecular weight is 375 g/mol. The lowest BCUT2D eigenvalue weighted by Gasteiger charge is -2.39. The van der Waals surface area contributed by atoms with E-state index in [4.69, 9.17) is 9.15 Å². The van der Waals surface area contributed by atoms with E-state index in [9.17, 15) is 4.79 Å². The maximum Gasteiger partial charge on any atom is 0.277 e. The number of aromatic nitrogens is 2. The molecule has 2 heterocycles. The van der Waals surface area contributed by atoms with Crippen LogP contribution in [0.1, 0.15) is 44.6 Å². The fourth-order valence-electron chi connectivity index (χ4n) is 3.25. The Morgan fingerprint density at radius 2 is 1.92 bits per heavy atom. The van der Waals surface area contributed by atoms with Gasteiger partial charge in [0, 0.05) is 12.1 Å². The highest BCUT2D eigenvalue weighted by atomic mass is 32.2. The van der Waals surface area contributed by atoms with Crippen LogP contribution in [0.3, 0.4) is 0 Å². The summed E-state index contributed by atoms with van der Waals surface area (Å²) in [4.78, 5) is 14.5. The molecule has 3 rings (SSSR count). The number of amides is 1. The first kappa shape index (κ1) is 18.8. The Balaban J connectivity index is 1.48. The van der Waals surface area contributed by atoms with Gasteiger partial charge in [0.2, 0.25) is 5.91 Å². The molecule has 1 aromatic carbocycles. The zero-order valence-corrected chi connectivity index (χ0v) is 16.3. The van der Waals surface area contributed by atoms with E-state index < -0.39 is 0 Å². The number of hydrogen-bond acceptors (Lipinski definition) is 6. The highest BCUT2D eigenvalue weighted by Crippen LogP contribution is 2.25. The van der Waals surface area contributed by atoms with Crippen LogP contribution in [0.25, 0.3) is 0 Å². The first-order valence-electron chi connectivity index (χ1n) is 8.98. The van der Waals surface area contributed by atoms with E-state index in [1.165, 1.54) is 23.7 Å². The van der Waals surface area contributed by atoms with E-state index >= 15 is 0 Å². The predicted octanol–water partition coefficient (Wildman–Crippen LogP) is 3.84. The first-order valence-corrected chi connectivity index (χ1v) is 9.97. The summed E-state index contributed by atoms with van der Waals surface area (Å²) in [7, 11) is 0. The number of rotatable bonds is 6. The summed E-state index contributed by atoms with van der Waals surface area (Å²) in [6.07, 6.45) is 3.33. The molecule has 1 saturated heterocycles. The number of carbonyl (C=O) groups is 1. The highest BCUT2D eigenvalue weighted by Gasteiger charge is 2.29. The SMILES string of the molecule is Cc1ccc(OCc2nnc(SCC(=O)N3[C@H](C)CCC[C@@H]3C)o2)cc1. The highest BCUT2D eigenvalue weighted by molar-refractivity contribution is 7.99. The molecule has 6 nitrogen and oxygen atoms in total. The fourth-order valence-corrected chi connectivity index (χ4v) is 3.90. The third kappa shape index (κ3) is 4.78. The topological polar surface area (TPSA) is 68.5 Å². The van der Waals surface area contributed by atoms with Gasteiger partial charge in [-0.25, -0.2) is 0 Å². The number of ether oxygens (including phenoxy) is 1. The quantitative estimate of drug-likeness (QED) is 0.715. The van der Waals surface area contributed by atoms with E-state index in [0.29, 0.717) is 29.0 Å². The van der Waals surface area contributed by atoms with Gasteiger partial charge in [-0.3, -0.25) is 4.79 Å². The summed E-state index contributed by atoms with van der Waals surface area (Å²) in [5.41, 5.74) is 1.18. The minimum Gasteiger partial charge on any atom is -0.484 e. The van der Waals surface area contributed by atoms with Crippen LogP contribution >= 0.6 is 11.8 Å². The van der Waals surface area contributed by atoms with E-state index in [1.54, 1.807) is 0 Å². The van der Waals surface area contributed by atoms with Gasteiger partial charge < -0.3 is 14.1 Å². The average Bonchev–Trinajstić information content (AvgIpc) is 3.07. The van der Waals surface area contributed by atoms with Crippen LogP contribution in [0.15, 0.2) is 33.9 Å². The van der Waals surface area contributed by atoms with Gasteiger partial charge >= 0.3 is 0 Å². The van der Waals surface area contributed by atoms with Crippen LogP contribution in [0, 0.1) is 6.92 Å². The van der Waals surface area contributed by atoms with Gasteiger partial charge in [-0.15, -0.1) is 10.2 Å². The van der Waals surface area contributed by atoms with Crippen LogP contribution in [0.2, 0.25) is 0 Å². The Morgan fingerprint density at radius 3 is 2.62 bits per heavy atom. The number of likely N-dealkylation sites (tertiary alicyclic amines) is 1. The summed E-state index contributed by atoms with van der Waals surface area (Å²) in [6.45, 7) is 6.47. The van der Waals surface area contributed by atoms with Gasteiger partial charge in [-0.1, -0.05) is 29.5 Å². The fraction of sp³-hybridized carbons (Fsp3) is 0.526. The van der Waals surface area contributed by atoms with Crippen LogP contribution in [0.5, 0.6) is 5.75 Å². The third-order valence-corrected chi connectivity index (χ3v) is 5.44. The lowest BCUT2D eigenvalue weighted by atomic mass is 9.98. The van der Waals surface area contributed by atoms with Crippen molar-refractivity contribution >= 4 is 17.7 Å². The van der Waals surface area contributed by atoms with Gasteiger partial charge in [0.15, 0.2) is 6.61 Å². The lowest BCUT2D eigenvalue weighted by molar-refractivity contribution is -0.134. The van der Waals surface area contributed by atoms with Crippen molar-refractivity contribution in [1.29, 1.82) is 0 Å². The van der Waals surface area contributed by atoms with Crippen LogP contribution in [0.4, 0.5) is 0 Å². The number of thioether (sulfide) groups is 1. The zero-order valence-electron chi connectivity index (χ0n) is 15.5. The standard InChI is InChI=1S/C19H25N3O3S/c1-13-7-9-16(10-8-13)24-11-17-20-21-19(25-17)26-12-18(23)22-14(2)5-4-6-15(22)3/h7-10,14-15H,4-6,11-12H2,1-3H3/t14-,15+. The number of piperidine rings is 1. The van der Waals surface area contributed by atoms with Crippen LogP contribution < -0.4 is 4.74 Å². The van der Waals surface area contributed by atoms with Crippen molar-refractivity contribution < 1.29 is 13.9 Å². The Kier molecular flexibility index (Phi) is 6.19. The van der Waals surface area contributed by atoms with Gasteiger partial charge in [-0.2, -0.15) is 0 Å². The third-order valence-electron chi connectivity index (χ3n) is 4.63. The lowest BCUT2D eigenvalue weighted by Crippen LogP contribution is -2.48. The number of carbonyl (C=O) groups excluding carboxylic acids is 1. The van der Waals surface area contributed by atoms with Crippen molar-refractivity contribution in [3.05, 3.63) is 35.7 Å². The molecule has 1 aromatic heterocycles. The molecule has 0 radical (unpaired) electrons. The number of hydrogen-bond donors (Lipinski definition) is 0. The number of benzene rings is 1. The van der Waals surface area contributed by atoms with Gasteiger partial charge in [0.05, 0.1) is 5.75 Å². The second kappa shape index (κ2) is 8.58. The monoisotopic (exact) mass is 375 g/mol. The maximum absolute atomic E-state index is 12.5. The van der Waals surface area contributed by atoms with E-state index in [2.05, 4.69) is 24.0 Å². The summed E-state index contributed by atoms with van der Waals surface area (Å²) in [5.74, 6) is 1.60. The molecule has 0 N–H and O–H groups in total. The molecule has 0 unspecified atom stereocenters. The Hall–Kier alpha value is -2.02. The molecule has 1 aliphatic rings. The van der Waals surface area contributed by atoms with E-state index in [-0.39, 0.29) is 12.5 Å². The molecule has 140 valence electrons. The molecule has 0 aliphatic carbocycles. The zero-order chi connectivity index (χ0) is 18.5. The summed E-state index contributed by atoms with van der Waals surface area (Å²) < 4.78 is 11.2. The van der Waals surface area contributed by atoms with Crippen molar-refractivity contribution in [2.24, 2.45) is 0 Å². The predicted molar refractivity (Wildman–Crippen MR) is 100 cm³/mol. The van der Waals surface area contributed by atoms with Crippen molar-refractivity contribution in [2.75, 3.05) is 5.75 Å². The molecular formula is C19H25N3O3S. The second-order valence-corrected chi connectivity index (χ2v) is 7.71. The maximum atomic E-state index is 12.5. The number of nitrogens with zero attached hydrogens (tertiary/aromatic N) is 3. The Morgan fingerprint density at radius 1 is 1.23 bits per heavy atom. The minimum atomic E-state index is 0.130. The molecule has 0 saturated carbocycles. The largest absolute Gasteiger partial charge is 0.484 e.